The Morgan fingerprint density at radius 2 is 1.95 bits per heavy atom. The minimum absolute atomic E-state index is 0.107. The van der Waals surface area contributed by atoms with Crippen molar-refractivity contribution in [2.24, 2.45) is 0 Å². The highest BCUT2D eigenvalue weighted by Crippen LogP contribution is 2.33. The van der Waals surface area contributed by atoms with Crippen LogP contribution < -0.4 is 9.47 Å². The third-order valence-electron chi connectivity index (χ3n) is 2.58. The Morgan fingerprint density at radius 3 is 2.58 bits per heavy atom. The van der Waals surface area contributed by atoms with Crippen molar-refractivity contribution in [1.82, 2.24) is 5.16 Å². The van der Waals surface area contributed by atoms with Crippen LogP contribution >= 0.6 is 0 Å². The molecule has 0 aliphatic rings. The highest BCUT2D eigenvalue weighted by Gasteiger charge is 2.17. The molecule has 1 heterocycles. The molecule has 0 fully saturated rings. The van der Waals surface area contributed by atoms with Crippen LogP contribution in [0.25, 0.3) is 11.3 Å². The topological polar surface area (TPSA) is 70.8 Å². The number of benzene rings is 1. The number of carbonyl (C=O) groups excluding carboxylic acids is 1. The van der Waals surface area contributed by atoms with E-state index in [1.807, 2.05) is 0 Å². The highest BCUT2D eigenvalue weighted by atomic mass is 16.5. The predicted octanol–water partition coefficient (Wildman–Crippen LogP) is 2.15. The van der Waals surface area contributed by atoms with E-state index < -0.39 is 5.97 Å². The predicted molar refractivity (Wildman–Crippen MR) is 66.4 cm³/mol. The molecule has 100 valence electrons. The van der Waals surface area contributed by atoms with Gasteiger partial charge < -0.3 is 18.7 Å². The zero-order valence-electron chi connectivity index (χ0n) is 10.8. The summed E-state index contributed by atoms with van der Waals surface area (Å²) in [5.41, 5.74) is 0.779. The second-order valence-electron chi connectivity index (χ2n) is 3.63. The number of esters is 1. The van der Waals surface area contributed by atoms with Crippen molar-refractivity contribution >= 4 is 5.97 Å². The number of aromatic nitrogens is 1. The summed E-state index contributed by atoms with van der Waals surface area (Å²) < 4.78 is 20.0. The second kappa shape index (κ2) is 5.43. The summed E-state index contributed by atoms with van der Waals surface area (Å²) in [6.07, 6.45) is 0. The van der Waals surface area contributed by atoms with Gasteiger partial charge in [0.15, 0.2) is 11.5 Å². The van der Waals surface area contributed by atoms with Crippen molar-refractivity contribution in [3.8, 4) is 22.8 Å². The van der Waals surface area contributed by atoms with Crippen molar-refractivity contribution in [3.05, 3.63) is 30.0 Å². The van der Waals surface area contributed by atoms with E-state index in [-0.39, 0.29) is 5.69 Å². The summed E-state index contributed by atoms with van der Waals surface area (Å²) in [7, 11) is 4.39. The number of ether oxygens (including phenoxy) is 3. The van der Waals surface area contributed by atoms with Gasteiger partial charge in [-0.15, -0.1) is 0 Å². The molecule has 0 spiro atoms. The minimum atomic E-state index is -0.553. The van der Waals surface area contributed by atoms with Gasteiger partial charge >= 0.3 is 5.97 Å². The molecule has 0 unspecified atom stereocenters. The molecule has 6 nitrogen and oxygen atoms in total. The molecule has 0 bridgehead atoms. The third-order valence-corrected chi connectivity index (χ3v) is 2.58. The van der Waals surface area contributed by atoms with Gasteiger partial charge in [0.1, 0.15) is 11.5 Å². The van der Waals surface area contributed by atoms with Crippen molar-refractivity contribution in [1.29, 1.82) is 0 Å². The van der Waals surface area contributed by atoms with Gasteiger partial charge in [-0.2, -0.15) is 0 Å². The molecule has 0 saturated carbocycles. The lowest BCUT2D eigenvalue weighted by atomic mass is 10.1. The Hall–Kier alpha value is -2.50. The summed E-state index contributed by atoms with van der Waals surface area (Å²) in [6, 6.07) is 6.74. The maximum atomic E-state index is 11.3. The molecular weight excluding hydrogens is 250 g/mol. The first-order chi connectivity index (χ1) is 9.19. The molecule has 0 radical (unpaired) electrons. The van der Waals surface area contributed by atoms with Crippen LogP contribution in [0.15, 0.2) is 28.8 Å². The number of carbonyl (C=O) groups is 1. The highest BCUT2D eigenvalue weighted by molar-refractivity contribution is 5.88. The van der Waals surface area contributed by atoms with E-state index in [4.69, 9.17) is 14.0 Å². The number of nitrogens with zero attached hydrogens (tertiary/aromatic N) is 1. The smallest absolute Gasteiger partial charge is 0.360 e. The van der Waals surface area contributed by atoms with Crippen LogP contribution in [-0.2, 0) is 4.74 Å². The fourth-order valence-corrected chi connectivity index (χ4v) is 1.60. The minimum Gasteiger partial charge on any atom is -0.497 e. The van der Waals surface area contributed by atoms with Crippen molar-refractivity contribution in [2.75, 3.05) is 21.3 Å². The summed E-state index contributed by atoms with van der Waals surface area (Å²) >= 11 is 0. The molecule has 0 aliphatic heterocycles. The number of hydrogen-bond donors (Lipinski definition) is 0. The molecule has 6 heteroatoms. The summed E-state index contributed by atoms with van der Waals surface area (Å²) in [5.74, 6) is 1.09. The van der Waals surface area contributed by atoms with Gasteiger partial charge in [-0.05, 0) is 12.1 Å². The molecule has 0 aliphatic carbocycles. The number of methoxy groups -OCH3 is 3. The summed E-state index contributed by atoms with van der Waals surface area (Å²) in [5, 5.41) is 3.64. The van der Waals surface area contributed by atoms with Crippen LogP contribution in [0.3, 0.4) is 0 Å². The Bertz CT molecular complexity index is 590. The zero-order valence-corrected chi connectivity index (χ0v) is 10.8. The normalized spacial score (nSPS) is 10.1. The van der Waals surface area contributed by atoms with Crippen LogP contribution in [0.1, 0.15) is 10.5 Å². The molecule has 1 aromatic carbocycles. The molecule has 2 rings (SSSR count). The third kappa shape index (κ3) is 2.52. The lowest BCUT2D eigenvalue weighted by Gasteiger charge is -2.07. The molecule has 19 heavy (non-hydrogen) atoms. The average Bonchev–Trinajstić information content (AvgIpc) is 2.95. The van der Waals surface area contributed by atoms with E-state index >= 15 is 0 Å². The quantitative estimate of drug-likeness (QED) is 0.787. The standard InChI is InChI=1S/C13H13NO5/c1-16-8-4-5-9(11(6-8)17-2)12-7-10(14-19-12)13(15)18-3/h4-7H,1-3H3. The van der Waals surface area contributed by atoms with Gasteiger partial charge in [0, 0.05) is 12.1 Å². The van der Waals surface area contributed by atoms with E-state index in [1.165, 1.54) is 20.3 Å². The van der Waals surface area contributed by atoms with Gasteiger partial charge in [-0.25, -0.2) is 4.79 Å². The Labute approximate surface area is 109 Å². The molecular formula is C13H13NO5. The number of rotatable bonds is 4. The fraction of sp³-hybridized carbons (Fsp3) is 0.231. The van der Waals surface area contributed by atoms with Gasteiger partial charge in [0.2, 0.25) is 0 Å². The molecule has 0 amide bonds. The first-order valence-corrected chi connectivity index (χ1v) is 5.47. The average molecular weight is 263 g/mol. The molecule has 0 N–H and O–H groups in total. The van der Waals surface area contributed by atoms with Crippen LogP contribution in [0.5, 0.6) is 11.5 Å². The Balaban J connectivity index is 2.41. The van der Waals surface area contributed by atoms with Gasteiger partial charge in [-0.1, -0.05) is 5.16 Å². The zero-order chi connectivity index (χ0) is 13.8. The maximum Gasteiger partial charge on any atom is 0.360 e. The summed E-state index contributed by atoms with van der Waals surface area (Å²) in [4.78, 5) is 11.3. The first-order valence-electron chi connectivity index (χ1n) is 5.47. The van der Waals surface area contributed by atoms with Crippen LogP contribution in [0.4, 0.5) is 0 Å². The van der Waals surface area contributed by atoms with E-state index in [0.29, 0.717) is 22.8 Å². The van der Waals surface area contributed by atoms with Crippen LogP contribution in [0, 0.1) is 0 Å². The molecule has 1 aromatic heterocycles. The van der Waals surface area contributed by atoms with Crippen LogP contribution in [-0.4, -0.2) is 32.5 Å². The van der Waals surface area contributed by atoms with Gasteiger partial charge in [-0.3, -0.25) is 0 Å². The summed E-state index contributed by atoms with van der Waals surface area (Å²) in [6.45, 7) is 0. The maximum absolute atomic E-state index is 11.3. The number of hydrogen-bond acceptors (Lipinski definition) is 6. The lowest BCUT2D eigenvalue weighted by molar-refractivity contribution is 0.0589. The van der Waals surface area contributed by atoms with Crippen LogP contribution in [0.2, 0.25) is 0 Å². The molecule has 0 saturated heterocycles. The van der Waals surface area contributed by atoms with E-state index in [0.717, 1.165) is 0 Å². The SMILES string of the molecule is COC(=O)c1cc(-c2ccc(OC)cc2OC)on1. The lowest BCUT2D eigenvalue weighted by Crippen LogP contribution is -2.00. The molecule has 0 atom stereocenters. The largest absolute Gasteiger partial charge is 0.497 e. The second-order valence-corrected chi connectivity index (χ2v) is 3.63. The first kappa shape index (κ1) is 12.9. The van der Waals surface area contributed by atoms with E-state index in [1.54, 1.807) is 25.3 Å². The van der Waals surface area contributed by atoms with E-state index in [9.17, 15) is 4.79 Å². The monoisotopic (exact) mass is 263 g/mol. The Morgan fingerprint density at radius 1 is 1.16 bits per heavy atom. The van der Waals surface area contributed by atoms with E-state index in [2.05, 4.69) is 9.89 Å². The van der Waals surface area contributed by atoms with Gasteiger partial charge in [0.25, 0.3) is 0 Å². The fourth-order valence-electron chi connectivity index (χ4n) is 1.60. The van der Waals surface area contributed by atoms with Crippen molar-refractivity contribution in [3.63, 3.8) is 0 Å². The Kier molecular flexibility index (Phi) is 3.70. The molecule has 2 aromatic rings. The van der Waals surface area contributed by atoms with Crippen molar-refractivity contribution in [2.45, 2.75) is 0 Å². The van der Waals surface area contributed by atoms with Gasteiger partial charge in [0.05, 0.1) is 26.9 Å². The van der Waals surface area contributed by atoms with Crippen molar-refractivity contribution < 1.29 is 23.5 Å².